The summed E-state index contributed by atoms with van der Waals surface area (Å²) < 4.78 is 5.78. The molecule has 0 spiro atoms. The second-order valence-corrected chi connectivity index (χ2v) is 9.26. The number of aliphatic carboxylic acids is 2. The number of unbranched alkanes of at least 4 members (excludes halogenated alkanes) is 18. The minimum atomic E-state index is -1.08. The third kappa shape index (κ3) is 38.5. The summed E-state index contributed by atoms with van der Waals surface area (Å²) in [6.45, 7) is 6.57. The molecular formula is C28H56O5. The van der Waals surface area contributed by atoms with Crippen LogP contribution in [0.2, 0.25) is 0 Å². The Hall–Kier alpha value is -1.10. The van der Waals surface area contributed by atoms with Crippen LogP contribution in [0.4, 0.5) is 0 Å². The topological polar surface area (TPSA) is 83.8 Å². The van der Waals surface area contributed by atoms with E-state index in [9.17, 15) is 9.59 Å². The van der Waals surface area contributed by atoms with Crippen LogP contribution in [-0.2, 0) is 14.3 Å². The number of carbonyl (C=O) groups is 2. The summed E-state index contributed by atoms with van der Waals surface area (Å²) in [5.74, 6) is -2.15. The standard InChI is InChI=1S/C24H50O.C4H6O4/c1-3-5-7-9-11-13-15-17-19-21-23-25-24-22-20-18-16-14-12-10-8-6-4-2;5-3(6)1-2-4(7)8/h3-24H2,1-2H3;1-2H2,(H,5,6)(H,7,8). The normalized spacial score (nSPS) is 10.6. The van der Waals surface area contributed by atoms with Crippen molar-refractivity contribution in [3.05, 3.63) is 0 Å². The van der Waals surface area contributed by atoms with Gasteiger partial charge in [-0.1, -0.05) is 129 Å². The van der Waals surface area contributed by atoms with Gasteiger partial charge in [0, 0.05) is 13.2 Å². The number of hydrogen-bond acceptors (Lipinski definition) is 3. The van der Waals surface area contributed by atoms with E-state index in [1.54, 1.807) is 0 Å². The molecule has 0 fully saturated rings. The Balaban J connectivity index is 0. The minimum Gasteiger partial charge on any atom is -0.481 e. The number of ether oxygens (including phenoxy) is 1. The van der Waals surface area contributed by atoms with Crippen LogP contribution in [0.5, 0.6) is 0 Å². The molecule has 0 unspecified atom stereocenters. The van der Waals surface area contributed by atoms with Crippen molar-refractivity contribution in [1.29, 1.82) is 0 Å². The fourth-order valence-corrected chi connectivity index (χ4v) is 3.70. The van der Waals surface area contributed by atoms with Gasteiger partial charge in [-0.3, -0.25) is 9.59 Å². The van der Waals surface area contributed by atoms with E-state index in [1.165, 1.54) is 128 Å². The van der Waals surface area contributed by atoms with Crippen molar-refractivity contribution >= 4 is 11.9 Å². The van der Waals surface area contributed by atoms with E-state index in [2.05, 4.69) is 13.8 Å². The van der Waals surface area contributed by atoms with Crippen molar-refractivity contribution in [2.45, 2.75) is 155 Å². The lowest BCUT2D eigenvalue weighted by atomic mass is 10.1. The molecule has 0 aromatic carbocycles. The van der Waals surface area contributed by atoms with Gasteiger partial charge in [-0.15, -0.1) is 0 Å². The molecular weight excluding hydrogens is 416 g/mol. The molecule has 0 saturated carbocycles. The first kappa shape index (κ1) is 34.1. The van der Waals surface area contributed by atoms with Crippen LogP contribution in [-0.4, -0.2) is 35.4 Å². The Morgan fingerprint density at radius 2 is 0.697 bits per heavy atom. The molecule has 0 radical (unpaired) electrons. The molecule has 0 rings (SSSR count). The Labute approximate surface area is 205 Å². The highest BCUT2D eigenvalue weighted by Gasteiger charge is 2.00. The maximum absolute atomic E-state index is 9.64. The number of carboxylic acid groups (broad SMARTS) is 2. The van der Waals surface area contributed by atoms with Crippen LogP contribution in [0.3, 0.4) is 0 Å². The molecule has 0 amide bonds. The van der Waals surface area contributed by atoms with E-state index in [0.29, 0.717) is 0 Å². The van der Waals surface area contributed by atoms with E-state index in [-0.39, 0.29) is 12.8 Å². The minimum absolute atomic E-state index is 0.296. The van der Waals surface area contributed by atoms with E-state index in [4.69, 9.17) is 14.9 Å². The van der Waals surface area contributed by atoms with Crippen LogP contribution in [0.15, 0.2) is 0 Å². The van der Waals surface area contributed by atoms with Gasteiger partial charge < -0.3 is 14.9 Å². The molecule has 0 aromatic heterocycles. The zero-order chi connectivity index (χ0) is 24.8. The van der Waals surface area contributed by atoms with E-state index in [1.807, 2.05) is 0 Å². The van der Waals surface area contributed by atoms with Gasteiger partial charge in [0.15, 0.2) is 0 Å². The van der Waals surface area contributed by atoms with Gasteiger partial charge in [0.1, 0.15) is 0 Å². The third-order valence-electron chi connectivity index (χ3n) is 5.84. The molecule has 0 aliphatic heterocycles. The Bertz CT molecular complexity index is 362. The summed E-state index contributed by atoms with van der Waals surface area (Å²) in [5.41, 5.74) is 0. The van der Waals surface area contributed by atoms with Gasteiger partial charge in [-0.25, -0.2) is 0 Å². The van der Waals surface area contributed by atoms with Gasteiger partial charge in [0.2, 0.25) is 0 Å². The van der Waals surface area contributed by atoms with Crippen molar-refractivity contribution in [2.24, 2.45) is 0 Å². The van der Waals surface area contributed by atoms with Crippen molar-refractivity contribution in [3.8, 4) is 0 Å². The second kappa shape index (κ2) is 30.9. The smallest absolute Gasteiger partial charge is 0.303 e. The van der Waals surface area contributed by atoms with Crippen LogP contribution in [0.1, 0.15) is 155 Å². The SMILES string of the molecule is CCCCCCCCCCCCOCCCCCCCCCCCC.O=C(O)CCC(=O)O. The maximum atomic E-state index is 9.64. The first-order valence-corrected chi connectivity index (χ1v) is 14.1. The van der Waals surface area contributed by atoms with Crippen LogP contribution < -0.4 is 0 Å². The Morgan fingerprint density at radius 1 is 0.455 bits per heavy atom. The molecule has 0 bridgehead atoms. The lowest BCUT2D eigenvalue weighted by molar-refractivity contribution is -0.143. The highest BCUT2D eigenvalue weighted by atomic mass is 16.5. The summed E-state index contributed by atoms with van der Waals surface area (Å²) in [7, 11) is 0. The average Bonchev–Trinajstić information content (AvgIpc) is 2.79. The van der Waals surface area contributed by atoms with E-state index < -0.39 is 11.9 Å². The number of rotatable bonds is 25. The molecule has 5 heteroatoms. The molecule has 2 N–H and O–H groups in total. The summed E-state index contributed by atoms with van der Waals surface area (Å²) in [6.07, 6.45) is 27.6. The second-order valence-electron chi connectivity index (χ2n) is 9.26. The van der Waals surface area contributed by atoms with E-state index >= 15 is 0 Å². The zero-order valence-electron chi connectivity index (χ0n) is 22.1. The highest BCUT2D eigenvalue weighted by Crippen LogP contribution is 2.12. The molecule has 0 aromatic rings. The van der Waals surface area contributed by atoms with Gasteiger partial charge in [-0.05, 0) is 12.8 Å². The summed E-state index contributed by atoms with van der Waals surface area (Å²) in [5, 5.41) is 15.8. The van der Waals surface area contributed by atoms with Crippen molar-refractivity contribution in [2.75, 3.05) is 13.2 Å². The fraction of sp³-hybridized carbons (Fsp3) is 0.929. The van der Waals surface area contributed by atoms with Gasteiger partial charge in [-0.2, -0.15) is 0 Å². The van der Waals surface area contributed by atoms with Crippen LogP contribution in [0.25, 0.3) is 0 Å². The Morgan fingerprint density at radius 3 is 0.939 bits per heavy atom. The summed E-state index contributed by atoms with van der Waals surface area (Å²) >= 11 is 0. The van der Waals surface area contributed by atoms with Gasteiger partial charge in [0.25, 0.3) is 0 Å². The first-order chi connectivity index (χ1) is 16.0. The first-order valence-electron chi connectivity index (χ1n) is 14.1. The molecule has 0 atom stereocenters. The predicted octanol–water partition coefficient (Wildman–Crippen LogP) is 8.78. The lowest BCUT2D eigenvalue weighted by Gasteiger charge is -2.05. The van der Waals surface area contributed by atoms with Crippen molar-refractivity contribution in [1.82, 2.24) is 0 Å². The molecule has 0 aliphatic carbocycles. The molecule has 0 aliphatic rings. The highest BCUT2D eigenvalue weighted by molar-refractivity contribution is 5.75. The Kier molecular flexibility index (Phi) is 31.9. The van der Waals surface area contributed by atoms with Gasteiger partial charge in [0.05, 0.1) is 12.8 Å². The predicted molar refractivity (Wildman–Crippen MR) is 139 cm³/mol. The molecule has 0 saturated heterocycles. The average molecular weight is 473 g/mol. The van der Waals surface area contributed by atoms with Crippen LogP contribution >= 0.6 is 0 Å². The van der Waals surface area contributed by atoms with Gasteiger partial charge >= 0.3 is 11.9 Å². The maximum Gasteiger partial charge on any atom is 0.303 e. The quantitative estimate of drug-likeness (QED) is 0.130. The monoisotopic (exact) mass is 472 g/mol. The molecule has 198 valence electrons. The molecule has 5 nitrogen and oxygen atoms in total. The largest absolute Gasteiger partial charge is 0.481 e. The fourth-order valence-electron chi connectivity index (χ4n) is 3.70. The van der Waals surface area contributed by atoms with Crippen molar-refractivity contribution < 1.29 is 24.5 Å². The number of carboxylic acids is 2. The number of hydrogen-bond donors (Lipinski definition) is 2. The van der Waals surface area contributed by atoms with Crippen LogP contribution in [0, 0.1) is 0 Å². The zero-order valence-corrected chi connectivity index (χ0v) is 22.1. The third-order valence-corrected chi connectivity index (χ3v) is 5.84. The summed E-state index contributed by atoms with van der Waals surface area (Å²) in [6, 6.07) is 0. The van der Waals surface area contributed by atoms with E-state index in [0.717, 1.165) is 13.2 Å². The molecule has 33 heavy (non-hydrogen) atoms. The van der Waals surface area contributed by atoms with Crippen molar-refractivity contribution in [3.63, 3.8) is 0 Å². The summed E-state index contributed by atoms with van der Waals surface area (Å²) in [4.78, 5) is 19.3. The lowest BCUT2D eigenvalue weighted by Crippen LogP contribution is -2.00. The molecule has 0 heterocycles.